The van der Waals surface area contributed by atoms with E-state index >= 15 is 0 Å². The summed E-state index contributed by atoms with van der Waals surface area (Å²) in [4.78, 5) is 6.81. The predicted molar refractivity (Wildman–Crippen MR) is 101 cm³/mol. The van der Waals surface area contributed by atoms with Crippen LogP contribution >= 0.6 is 0 Å². The molecule has 3 fully saturated rings. The summed E-state index contributed by atoms with van der Waals surface area (Å²) < 4.78 is 6.39. The lowest BCUT2D eigenvalue weighted by molar-refractivity contribution is -0.231. The Balaban J connectivity index is 1.51. The highest BCUT2D eigenvalue weighted by atomic mass is 16.7. The molecule has 5 nitrogen and oxygen atoms in total. The summed E-state index contributed by atoms with van der Waals surface area (Å²) in [5.74, 6) is 1.66. The first-order valence-electron chi connectivity index (χ1n) is 10.7. The van der Waals surface area contributed by atoms with Gasteiger partial charge in [-0.1, -0.05) is 12.5 Å². The van der Waals surface area contributed by atoms with Gasteiger partial charge in [0.05, 0.1) is 11.1 Å². The van der Waals surface area contributed by atoms with Gasteiger partial charge in [0, 0.05) is 18.7 Å². The van der Waals surface area contributed by atoms with Crippen LogP contribution in [-0.4, -0.2) is 40.7 Å². The maximum Gasteiger partial charge on any atom is 0.166 e. The summed E-state index contributed by atoms with van der Waals surface area (Å²) >= 11 is 0. The van der Waals surface area contributed by atoms with Gasteiger partial charge in [-0.3, -0.25) is 4.84 Å². The van der Waals surface area contributed by atoms with Crippen LogP contribution in [0.3, 0.4) is 0 Å². The number of hydrogen-bond donors (Lipinski definition) is 2. The number of nitrogens with zero attached hydrogens (tertiary/aromatic N) is 1. The number of nitrogens with one attached hydrogen (secondary N) is 1. The Labute approximate surface area is 160 Å². The molecule has 2 saturated carbocycles. The fraction of sp³-hybridized carbons (Fsp3) is 0.682. The molecule has 2 aliphatic heterocycles. The van der Waals surface area contributed by atoms with Gasteiger partial charge in [-0.2, -0.15) is 5.06 Å². The molecule has 0 amide bonds. The van der Waals surface area contributed by atoms with Crippen LogP contribution in [0.1, 0.15) is 62.5 Å². The minimum atomic E-state index is -0.319. The topological polar surface area (TPSA) is 65.8 Å². The molecule has 1 aromatic rings. The summed E-state index contributed by atoms with van der Waals surface area (Å²) in [5, 5.41) is 21.5. The third kappa shape index (κ3) is 2.10. The molecule has 0 radical (unpaired) electrons. The summed E-state index contributed by atoms with van der Waals surface area (Å²) in [6.07, 6.45) is 9.23. The van der Waals surface area contributed by atoms with Gasteiger partial charge in [0.1, 0.15) is 11.7 Å². The van der Waals surface area contributed by atoms with Crippen molar-refractivity contribution >= 4 is 5.71 Å². The van der Waals surface area contributed by atoms with Crippen molar-refractivity contribution in [2.45, 2.75) is 74.9 Å². The maximum absolute atomic E-state index is 10.6. The maximum atomic E-state index is 10.6. The summed E-state index contributed by atoms with van der Waals surface area (Å²) in [7, 11) is 0. The van der Waals surface area contributed by atoms with Gasteiger partial charge in [-0.25, -0.2) is 0 Å². The van der Waals surface area contributed by atoms with Crippen LogP contribution in [0.25, 0.3) is 0 Å². The Hall–Kier alpha value is -1.59. The van der Waals surface area contributed by atoms with Crippen LogP contribution in [0.2, 0.25) is 0 Å². The normalized spacial score (nSPS) is 37.8. The second-order valence-electron chi connectivity index (χ2n) is 9.32. The molecule has 0 bridgehead atoms. The molecule has 0 aromatic heterocycles. The smallest absolute Gasteiger partial charge is 0.166 e. The largest absolute Gasteiger partial charge is 0.504 e. The number of hydroxylamine groups is 2. The fourth-order valence-electron chi connectivity index (χ4n) is 6.34. The number of rotatable bonds is 2. The molecule has 2 N–H and O–H groups in total. The molecule has 3 atom stereocenters. The van der Waals surface area contributed by atoms with Crippen LogP contribution in [-0.2, 0) is 16.7 Å². The van der Waals surface area contributed by atoms with E-state index in [0.29, 0.717) is 11.5 Å². The first kappa shape index (κ1) is 16.4. The van der Waals surface area contributed by atoms with Crippen molar-refractivity contribution in [3.63, 3.8) is 0 Å². The average Bonchev–Trinajstić information content (AvgIpc) is 3.30. The highest BCUT2D eigenvalue weighted by molar-refractivity contribution is 5.90. The monoisotopic (exact) mass is 368 g/mol. The molecular weight excluding hydrogens is 340 g/mol. The molecule has 5 aliphatic rings. The average molecular weight is 368 g/mol. The minimum absolute atomic E-state index is 0.221. The van der Waals surface area contributed by atoms with Crippen molar-refractivity contribution in [1.82, 2.24) is 5.06 Å². The number of hydrogen-bond acceptors (Lipinski definition) is 5. The second kappa shape index (κ2) is 5.48. The van der Waals surface area contributed by atoms with Crippen molar-refractivity contribution in [3.8, 4) is 11.5 Å². The number of benzene rings is 1. The predicted octanol–water partition coefficient (Wildman–Crippen LogP) is 3.72. The van der Waals surface area contributed by atoms with Crippen molar-refractivity contribution in [1.29, 1.82) is 5.41 Å². The number of aryl methyl sites for hydroxylation is 1. The Kier molecular flexibility index (Phi) is 3.32. The molecule has 2 heterocycles. The molecule has 1 saturated heterocycles. The van der Waals surface area contributed by atoms with E-state index < -0.39 is 0 Å². The van der Waals surface area contributed by atoms with E-state index in [1.54, 1.807) is 6.07 Å². The van der Waals surface area contributed by atoms with Crippen molar-refractivity contribution in [2.24, 2.45) is 5.92 Å². The number of phenolic OH excluding ortho intramolecular Hbond substituents is 1. The Morgan fingerprint density at radius 3 is 2.89 bits per heavy atom. The highest BCUT2D eigenvalue weighted by Gasteiger charge is 2.68. The lowest BCUT2D eigenvalue weighted by Crippen LogP contribution is -2.61. The lowest BCUT2D eigenvalue weighted by atomic mass is 9.55. The zero-order valence-electron chi connectivity index (χ0n) is 15.8. The van der Waals surface area contributed by atoms with Crippen LogP contribution in [0.5, 0.6) is 11.5 Å². The van der Waals surface area contributed by atoms with E-state index in [4.69, 9.17) is 15.0 Å². The minimum Gasteiger partial charge on any atom is -0.504 e. The first-order valence-corrected chi connectivity index (χ1v) is 10.7. The Morgan fingerprint density at radius 2 is 2.04 bits per heavy atom. The first-order chi connectivity index (χ1) is 13.1. The van der Waals surface area contributed by atoms with Gasteiger partial charge in [-0.05, 0) is 68.9 Å². The highest BCUT2D eigenvalue weighted by Crippen LogP contribution is 2.64. The fourth-order valence-corrected chi connectivity index (χ4v) is 6.34. The van der Waals surface area contributed by atoms with Gasteiger partial charge in [0.2, 0.25) is 0 Å². The Morgan fingerprint density at radius 1 is 1.15 bits per heavy atom. The van der Waals surface area contributed by atoms with E-state index in [1.165, 1.54) is 24.0 Å². The van der Waals surface area contributed by atoms with Crippen LogP contribution in [0.15, 0.2) is 12.1 Å². The van der Waals surface area contributed by atoms with Crippen LogP contribution < -0.4 is 4.74 Å². The zero-order chi connectivity index (χ0) is 18.2. The summed E-state index contributed by atoms with van der Waals surface area (Å²) in [5.41, 5.74) is 2.52. The SMILES string of the molecule is N=C1CCCCC23c4c(ccc(O)c4OC12)CCC31CCN(CC2CC2)O1. The summed E-state index contributed by atoms with van der Waals surface area (Å²) in [6.45, 7) is 2.02. The standard InChI is InChI=1S/C22H28N2O3/c23-16-3-1-2-9-22-18-15(6-7-17(25)19(18)26-20(16)22)8-10-21(22)11-12-24(27-21)13-14-4-5-14/h6-7,14,20,23,25H,1-5,8-13H2. The van der Waals surface area contributed by atoms with Gasteiger partial charge in [0.15, 0.2) is 11.5 Å². The van der Waals surface area contributed by atoms with Crippen molar-refractivity contribution in [2.75, 3.05) is 13.1 Å². The summed E-state index contributed by atoms with van der Waals surface area (Å²) in [6, 6.07) is 3.84. The van der Waals surface area contributed by atoms with E-state index in [-0.39, 0.29) is 22.9 Å². The number of ether oxygens (including phenoxy) is 1. The lowest BCUT2D eigenvalue weighted by Gasteiger charge is -2.50. The molecule has 1 aromatic carbocycles. The molecule has 2 spiro atoms. The molecule has 3 unspecified atom stereocenters. The molecule has 6 rings (SSSR count). The van der Waals surface area contributed by atoms with Gasteiger partial charge in [0.25, 0.3) is 0 Å². The zero-order valence-corrected chi connectivity index (χ0v) is 15.8. The van der Waals surface area contributed by atoms with E-state index in [9.17, 15) is 5.11 Å². The van der Waals surface area contributed by atoms with Gasteiger partial charge >= 0.3 is 0 Å². The van der Waals surface area contributed by atoms with Crippen molar-refractivity contribution in [3.05, 3.63) is 23.3 Å². The third-order valence-electron chi connectivity index (χ3n) is 7.78. The third-order valence-corrected chi connectivity index (χ3v) is 7.78. The quantitative estimate of drug-likeness (QED) is 0.835. The molecule has 27 heavy (non-hydrogen) atoms. The van der Waals surface area contributed by atoms with Crippen molar-refractivity contribution < 1.29 is 14.7 Å². The molecule has 144 valence electrons. The van der Waals surface area contributed by atoms with Crippen LogP contribution in [0, 0.1) is 11.3 Å². The van der Waals surface area contributed by atoms with Gasteiger partial charge in [-0.15, -0.1) is 0 Å². The molecule has 5 heteroatoms. The second-order valence-corrected chi connectivity index (χ2v) is 9.32. The Bertz CT molecular complexity index is 820. The number of aromatic hydroxyl groups is 1. The number of phenols is 1. The van der Waals surface area contributed by atoms with Gasteiger partial charge < -0.3 is 15.3 Å². The van der Waals surface area contributed by atoms with E-state index in [0.717, 1.165) is 64.0 Å². The van der Waals surface area contributed by atoms with Crippen LogP contribution in [0.4, 0.5) is 0 Å². The van der Waals surface area contributed by atoms with E-state index in [1.807, 2.05) is 0 Å². The molecular formula is C22H28N2O3. The molecule has 3 aliphatic carbocycles. The van der Waals surface area contributed by atoms with E-state index in [2.05, 4.69) is 11.1 Å².